The molecule has 0 amide bonds. The van der Waals surface area contributed by atoms with Crippen molar-refractivity contribution in [2.24, 2.45) is 0 Å². The molecule has 0 saturated carbocycles. The third-order valence-electron chi connectivity index (χ3n) is 6.58. The van der Waals surface area contributed by atoms with Crippen LogP contribution in [0.4, 0.5) is 5.69 Å². The lowest BCUT2D eigenvalue weighted by atomic mass is 9.66. The molecular weight excluding hydrogens is 480 g/mol. The molecular formula is C27H26N2O6S. The molecule has 36 heavy (non-hydrogen) atoms. The molecule has 0 spiro atoms. The van der Waals surface area contributed by atoms with Gasteiger partial charge in [-0.15, -0.1) is 0 Å². The van der Waals surface area contributed by atoms with Gasteiger partial charge in [-0.2, -0.15) is 0 Å². The van der Waals surface area contributed by atoms with Gasteiger partial charge in [-0.05, 0) is 43.2 Å². The molecule has 0 saturated heterocycles. The van der Waals surface area contributed by atoms with Gasteiger partial charge in [-0.25, -0.2) is 13.2 Å². The molecule has 0 aliphatic carbocycles. The number of methoxy groups -OCH3 is 1. The van der Waals surface area contributed by atoms with Crippen molar-refractivity contribution in [3.8, 4) is 0 Å². The van der Waals surface area contributed by atoms with Crippen LogP contribution in [0.2, 0.25) is 0 Å². The van der Waals surface area contributed by atoms with E-state index in [-0.39, 0.29) is 16.1 Å². The van der Waals surface area contributed by atoms with Crippen molar-refractivity contribution in [3.63, 3.8) is 0 Å². The molecule has 0 unspecified atom stereocenters. The quantitative estimate of drug-likeness (QED) is 0.206. The molecule has 1 aliphatic heterocycles. The Kier molecular flexibility index (Phi) is 6.44. The van der Waals surface area contributed by atoms with E-state index in [1.807, 2.05) is 6.92 Å². The van der Waals surface area contributed by atoms with Gasteiger partial charge in [0.05, 0.1) is 23.6 Å². The number of carbonyl (C=O) groups excluding carboxylic acids is 1. The molecule has 8 nitrogen and oxygen atoms in total. The van der Waals surface area contributed by atoms with E-state index < -0.39 is 38.4 Å². The fourth-order valence-corrected chi connectivity index (χ4v) is 6.77. The highest BCUT2D eigenvalue weighted by Crippen LogP contribution is 2.56. The zero-order valence-electron chi connectivity index (χ0n) is 20.1. The van der Waals surface area contributed by atoms with Crippen LogP contribution in [0.1, 0.15) is 35.6 Å². The highest BCUT2D eigenvalue weighted by atomic mass is 32.2. The van der Waals surface area contributed by atoms with Crippen LogP contribution in [-0.2, 0) is 19.6 Å². The molecule has 186 valence electrons. The predicted molar refractivity (Wildman–Crippen MR) is 136 cm³/mol. The topological polar surface area (TPSA) is 107 Å². The normalized spacial score (nSPS) is 21.4. The third kappa shape index (κ3) is 3.67. The smallest absolute Gasteiger partial charge is 0.388 e. The summed E-state index contributed by atoms with van der Waals surface area (Å²) in [5, 5.41) is 13.1. The first-order chi connectivity index (χ1) is 17.1. The Labute approximate surface area is 210 Å². The predicted octanol–water partition coefficient (Wildman–Crippen LogP) is 4.79. The largest absolute Gasteiger partial charge is 0.464 e. The van der Waals surface area contributed by atoms with Crippen LogP contribution < -0.4 is 4.31 Å². The van der Waals surface area contributed by atoms with E-state index in [0.29, 0.717) is 11.1 Å². The first-order valence-corrected chi connectivity index (χ1v) is 12.7. The van der Waals surface area contributed by atoms with E-state index in [9.17, 15) is 23.3 Å². The van der Waals surface area contributed by atoms with Gasteiger partial charge in [0.1, 0.15) is 0 Å². The minimum atomic E-state index is -4.39. The summed E-state index contributed by atoms with van der Waals surface area (Å²) in [6.45, 7) is 7.39. The molecule has 1 heterocycles. The zero-order valence-corrected chi connectivity index (χ0v) is 20.9. The average molecular weight is 507 g/mol. The standard InChI is InChI=1S/C27H26N2O6S/c1-18(2)24-22-12-8-9-13-23(22)28(36(33,34)21-16-14-19(3)15-17-21)25(20-10-6-5-7-11-20)27(24,29(31)32)26(30)35-4/h5-17,24-25H,1H2,2-4H3/t24-,25-,27+/m1/s1. The first kappa shape index (κ1) is 25.1. The number of benzene rings is 3. The Morgan fingerprint density at radius 3 is 2.17 bits per heavy atom. The number of hydrogen-bond acceptors (Lipinski definition) is 6. The minimum Gasteiger partial charge on any atom is -0.464 e. The lowest BCUT2D eigenvalue weighted by Crippen LogP contribution is -2.64. The average Bonchev–Trinajstić information content (AvgIpc) is 2.86. The van der Waals surface area contributed by atoms with Crippen molar-refractivity contribution in [1.82, 2.24) is 0 Å². The van der Waals surface area contributed by atoms with Crippen molar-refractivity contribution in [2.75, 3.05) is 11.4 Å². The SMILES string of the molecule is C=C(C)[C@@H]1c2ccccc2N(S(=O)(=O)c2ccc(C)cc2)[C@H](c2ccccc2)[C@@]1(C(=O)OC)[N+](=O)[O-]. The van der Waals surface area contributed by atoms with Gasteiger partial charge in [0.2, 0.25) is 0 Å². The lowest BCUT2D eigenvalue weighted by Gasteiger charge is -2.47. The van der Waals surface area contributed by atoms with Crippen LogP contribution in [0, 0.1) is 17.0 Å². The number of rotatable bonds is 6. The van der Waals surface area contributed by atoms with E-state index in [1.165, 1.54) is 12.1 Å². The molecule has 0 aromatic heterocycles. The van der Waals surface area contributed by atoms with E-state index in [4.69, 9.17) is 4.74 Å². The Morgan fingerprint density at radius 2 is 1.61 bits per heavy atom. The number of carbonyl (C=O) groups is 1. The molecule has 3 aromatic carbocycles. The molecule has 3 atom stereocenters. The summed E-state index contributed by atoms with van der Waals surface area (Å²) in [6.07, 6.45) is 0. The molecule has 0 bridgehead atoms. The van der Waals surface area contributed by atoms with Gasteiger partial charge < -0.3 is 4.74 Å². The maximum Gasteiger partial charge on any atom is 0.388 e. The number of fused-ring (bicyclic) bond motifs is 1. The van der Waals surface area contributed by atoms with Gasteiger partial charge >= 0.3 is 11.5 Å². The highest BCUT2D eigenvalue weighted by molar-refractivity contribution is 7.92. The van der Waals surface area contributed by atoms with Gasteiger partial charge in [-0.3, -0.25) is 14.4 Å². The second-order valence-corrected chi connectivity index (χ2v) is 10.7. The molecule has 3 aromatic rings. The van der Waals surface area contributed by atoms with E-state index in [0.717, 1.165) is 17.0 Å². The molecule has 9 heteroatoms. The number of hydrogen-bond donors (Lipinski definition) is 0. The van der Waals surface area contributed by atoms with Crippen molar-refractivity contribution < 1.29 is 22.9 Å². The molecule has 4 rings (SSSR count). The van der Waals surface area contributed by atoms with Gasteiger partial charge in [0.15, 0.2) is 6.04 Å². The third-order valence-corrected chi connectivity index (χ3v) is 8.37. The van der Waals surface area contributed by atoms with Crippen LogP contribution in [0.3, 0.4) is 0 Å². The Morgan fingerprint density at radius 1 is 1.03 bits per heavy atom. The van der Waals surface area contributed by atoms with Gasteiger partial charge in [0, 0.05) is 4.92 Å². The summed E-state index contributed by atoms with van der Waals surface area (Å²) in [7, 11) is -3.33. The summed E-state index contributed by atoms with van der Waals surface area (Å²) in [6, 6.07) is 19.3. The van der Waals surface area contributed by atoms with Crippen molar-refractivity contribution in [2.45, 2.75) is 36.2 Å². The summed E-state index contributed by atoms with van der Waals surface area (Å²) in [5.74, 6) is -2.32. The lowest BCUT2D eigenvalue weighted by molar-refractivity contribution is -0.563. The van der Waals surface area contributed by atoms with Crippen molar-refractivity contribution in [3.05, 3.63) is 118 Å². The van der Waals surface area contributed by atoms with Crippen molar-refractivity contribution >= 4 is 21.7 Å². The Hall–Kier alpha value is -3.98. The number of para-hydroxylation sites is 1. The maximum atomic E-state index is 14.3. The molecule has 0 fully saturated rings. The van der Waals surface area contributed by atoms with Crippen LogP contribution in [0.25, 0.3) is 0 Å². The first-order valence-electron chi connectivity index (χ1n) is 11.2. The summed E-state index contributed by atoms with van der Waals surface area (Å²) < 4.78 is 34.6. The number of nitro groups is 1. The minimum absolute atomic E-state index is 0.0558. The number of aryl methyl sites for hydroxylation is 1. The number of anilines is 1. The van der Waals surface area contributed by atoms with E-state index in [2.05, 4.69) is 6.58 Å². The van der Waals surface area contributed by atoms with E-state index >= 15 is 0 Å². The van der Waals surface area contributed by atoms with E-state index in [1.54, 1.807) is 73.7 Å². The van der Waals surface area contributed by atoms with Crippen LogP contribution in [-0.4, -0.2) is 32.0 Å². The van der Waals surface area contributed by atoms with Gasteiger partial charge in [-0.1, -0.05) is 78.4 Å². The van der Waals surface area contributed by atoms with Crippen LogP contribution >= 0.6 is 0 Å². The summed E-state index contributed by atoms with van der Waals surface area (Å²) in [5.41, 5.74) is -0.553. The second kappa shape index (κ2) is 9.23. The Balaban J connectivity index is 2.20. The number of nitrogens with zero attached hydrogens (tertiary/aromatic N) is 2. The number of esters is 1. The van der Waals surface area contributed by atoms with Crippen molar-refractivity contribution in [1.29, 1.82) is 0 Å². The second-order valence-electron chi connectivity index (χ2n) is 8.84. The van der Waals surface area contributed by atoms with Gasteiger partial charge in [0.25, 0.3) is 10.0 Å². The number of ether oxygens (including phenoxy) is 1. The van der Waals surface area contributed by atoms with Crippen LogP contribution in [0.5, 0.6) is 0 Å². The zero-order chi connectivity index (χ0) is 26.3. The highest BCUT2D eigenvalue weighted by Gasteiger charge is 2.71. The summed E-state index contributed by atoms with van der Waals surface area (Å²) in [4.78, 5) is 25.9. The fraction of sp³-hybridized carbons (Fsp3) is 0.222. The molecule has 0 N–H and O–H groups in total. The maximum absolute atomic E-state index is 14.3. The monoisotopic (exact) mass is 506 g/mol. The van der Waals surface area contributed by atoms with Crippen LogP contribution in [0.15, 0.2) is 95.9 Å². The molecule has 1 aliphatic rings. The fourth-order valence-electron chi connectivity index (χ4n) is 5.08. The number of sulfonamides is 1. The Bertz CT molecular complexity index is 1440. The summed E-state index contributed by atoms with van der Waals surface area (Å²) >= 11 is 0. The molecule has 0 radical (unpaired) electrons.